The SMILES string of the molecule is CCCCCCn1c(=S)n(CCCCCC)c2cc(-c3ccc(N(c4ccc(-c5ccc6c(c5)n(CCCCCC)c(=S)n6CCCCCC)cc4)c4ccc(-c5ccc(-c6ccc(/C(C#N)=C\C(=O)O)s6)s5)cc4)cc3)ccc21. The molecule has 0 amide bonds. The second-order valence-electron chi connectivity index (χ2n) is 21.1. The first-order valence-electron chi connectivity index (χ1n) is 29.3. The fourth-order valence-electron chi connectivity index (χ4n) is 11.0. The van der Waals surface area contributed by atoms with Crippen LogP contribution < -0.4 is 4.90 Å². The highest BCUT2D eigenvalue weighted by Crippen LogP contribution is 2.42. The van der Waals surface area contributed by atoms with Crippen LogP contribution in [0.5, 0.6) is 0 Å². The first-order valence-corrected chi connectivity index (χ1v) is 31.7. The molecule has 9 aromatic rings. The summed E-state index contributed by atoms with van der Waals surface area (Å²) in [5, 5.41) is 18.9. The average Bonchev–Trinajstić information content (AvgIpc) is 4.32. The summed E-state index contributed by atoms with van der Waals surface area (Å²) in [7, 11) is 0. The highest BCUT2D eigenvalue weighted by molar-refractivity contribution is 7.71. The van der Waals surface area contributed by atoms with Gasteiger partial charge in [-0.3, -0.25) is 0 Å². The number of allylic oxidation sites excluding steroid dienone is 1. The number of aryl methyl sites for hydroxylation is 4. The molecule has 0 fully saturated rings. The lowest BCUT2D eigenvalue weighted by Crippen LogP contribution is -2.09. The molecule has 9 rings (SSSR count). The van der Waals surface area contributed by atoms with Gasteiger partial charge in [0.05, 0.1) is 27.6 Å². The van der Waals surface area contributed by atoms with E-state index >= 15 is 0 Å². The monoisotopic (exact) mass is 1140 g/mol. The maximum Gasteiger partial charge on any atom is 0.329 e. The highest BCUT2D eigenvalue weighted by Gasteiger charge is 2.19. The molecule has 4 aromatic heterocycles. The third kappa shape index (κ3) is 13.6. The Bertz CT molecular complexity index is 3550. The number of benzene rings is 5. The summed E-state index contributed by atoms with van der Waals surface area (Å²) in [5.74, 6) is -1.13. The largest absolute Gasteiger partial charge is 0.478 e. The molecule has 0 bridgehead atoms. The first-order chi connectivity index (χ1) is 39.1. The number of thiophene rings is 2. The number of nitrogens with zero attached hydrogens (tertiary/aromatic N) is 6. The van der Waals surface area contributed by atoms with Gasteiger partial charge >= 0.3 is 5.97 Å². The van der Waals surface area contributed by atoms with Crippen molar-refractivity contribution in [2.24, 2.45) is 0 Å². The van der Waals surface area contributed by atoms with Crippen LogP contribution in [-0.2, 0) is 31.0 Å². The maximum atomic E-state index is 11.4. The Morgan fingerprint density at radius 2 is 0.825 bits per heavy atom. The zero-order chi connectivity index (χ0) is 56.0. The number of anilines is 3. The molecule has 80 heavy (non-hydrogen) atoms. The Labute approximate surface area is 491 Å². The third-order valence-electron chi connectivity index (χ3n) is 15.4. The summed E-state index contributed by atoms with van der Waals surface area (Å²) < 4.78 is 11.4. The predicted octanol–water partition coefficient (Wildman–Crippen LogP) is 21.2. The molecule has 0 spiro atoms. The smallest absolute Gasteiger partial charge is 0.329 e. The normalized spacial score (nSPS) is 11.8. The van der Waals surface area contributed by atoms with Gasteiger partial charge in [0.15, 0.2) is 9.54 Å². The molecule has 0 radical (unpaired) electrons. The molecule has 0 aliphatic heterocycles. The Morgan fingerprint density at radius 1 is 0.463 bits per heavy atom. The Kier molecular flexibility index (Phi) is 20.5. The molecule has 12 heteroatoms. The first kappa shape index (κ1) is 58.0. The van der Waals surface area contributed by atoms with E-state index in [0.717, 1.165) is 116 Å². The number of hydrogen-bond donors (Lipinski definition) is 1. The van der Waals surface area contributed by atoms with Crippen molar-refractivity contribution in [3.05, 3.63) is 154 Å². The van der Waals surface area contributed by atoms with Gasteiger partial charge in [0.1, 0.15) is 6.07 Å². The fourth-order valence-corrected chi connectivity index (χ4v) is 13.8. The van der Waals surface area contributed by atoms with E-state index in [1.165, 1.54) is 122 Å². The zero-order valence-electron chi connectivity index (χ0n) is 47.1. The van der Waals surface area contributed by atoms with Crippen LogP contribution in [-0.4, -0.2) is 29.3 Å². The van der Waals surface area contributed by atoms with Crippen LogP contribution in [0.2, 0.25) is 0 Å². The lowest BCUT2D eigenvalue weighted by atomic mass is 10.0. The molecular weight excluding hydrogens is 1060 g/mol. The lowest BCUT2D eigenvalue weighted by molar-refractivity contribution is -0.131. The van der Waals surface area contributed by atoms with Crippen LogP contribution in [0.15, 0.2) is 140 Å². The van der Waals surface area contributed by atoms with Crippen LogP contribution in [0.3, 0.4) is 0 Å². The van der Waals surface area contributed by atoms with Crippen LogP contribution in [0.1, 0.15) is 135 Å². The summed E-state index contributed by atoms with van der Waals surface area (Å²) in [5.41, 5.74) is 13.9. The number of aliphatic carboxylic acids is 1. The number of carboxylic acid groups (broad SMARTS) is 1. The van der Waals surface area contributed by atoms with E-state index in [1.54, 1.807) is 11.3 Å². The van der Waals surface area contributed by atoms with Gasteiger partial charge in [-0.05, 0) is 163 Å². The van der Waals surface area contributed by atoms with Gasteiger partial charge in [0, 0.05) is 68.8 Å². The number of carbonyl (C=O) groups is 1. The topological polar surface area (TPSA) is 84.0 Å². The van der Waals surface area contributed by atoms with Crippen molar-refractivity contribution in [3.8, 4) is 48.5 Å². The van der Waals surface area contributed by atoms with Gasteiger partial charge in [0.25, 0.3) is 0 Å². The van der Waals surface area contributed by atoms with E-state index in [-0.39, 0.29) is 5.57 Å². The summed E-state index contributed by atoms with van der Waals surface area (Å²) in [4.78, 5) is 17.5. The van der Waals surface area contributed by atoms with Crippen molar-refractivity contribution < 1.29 is 9.90 Å². The van der Waals surface area contributed by atoms with E-state index in [2.05, 4.69) is 172 Å². The molecule has 8 nitrogen and oxygen atoms in total. The number of nitriles is 1. The van der Waals surface area contributed by atoms with E-state index in [0.29, 0.717) is 4.88 Å². The zero-order valence-corrected chi connectivity index (χ0v) is 50.4. The second kappa shape index (κ2) is 28.2. The second-order valence-corrected chi connectivity index (χ2v) is 24.0. The standard InChI is InChI=1S/C68H76N6O2S4/c1-5-9-13-17-41-70-58-35-27-52(45-60(58)72(67(70)77)43-19-15-11-7-3)49-21-29-55(30-22-49)74(57-33-25-51(26-34-57)62-37-39-64(79-62)65-40-38-63(80-65)54(48-69)47-66(75)76)56-31-23-50(24-32-56)53-28-36-59-61(46-53)73(44-20-16-12-8-4)68(78)71(59)42-18-14-10-6-2/h21-40,45-47H,5-20,41-44H2,1-4H3,(H,75,76)/b54-47-. The van der Waals surface area contributed by atoms with Crippen molar-refractivity contribution in [1.82, 2.24) is 18.3 Å². The van der Waals surface area contributed by atoms with Crippen LogP contribution in [0.25, 0.3) is 70.1 Å². The maximum absolute atomic E-state index is 11.4. The molecule has 5 aromatic carbocycles. The molecular formula is C68H76N6O2S4. The van der Waals surface area contributed by atoms with Crippen LogP contribution in [0.4, 0.5) is 17.1 Å². The number of carboxylic acids is 1. The predicted molar refractivity (Wildman–Crippen MR) is 345 cm³/mol. The van der Waals surface area contributed by atoms with Gasteiger partial charge in [-0.25, -0.2) is 4.79 Å². The van der Waals surface area contributed by atoms with Crippen LogP contribution in [0, 0.1) is 20.9 Å². The molecule has 0 atom stereocenters. The number of rotatable bonds is 29. The Morgan fingerprint density at radius 3 is 1.23 bits per heavy atom. The summed E-state index contributed by atoms with van der Waals surface area (Å²) >= 11 is 15.6. The molecule has 0 saturated carbocycles. The van der Waals surface area contributed by atoms with E-state index in [9.17, 15) is 15.2 Å². The molecule has 0 unspecified atom stereocenters. The van der Waals surface area contributed by atoms with Crippen molar-refractivity contribution >= 4 is 97.8 Å². The Hall–Kier alpha value is -6.62. The third-order valence-corrected chi connectivity index (χ3v) is 18.7. The highest BCUT2D eigenvalue weighted by atomic mass is 32.1. The van der Waals surface area contributed by atoms with Gasteiger partial charge in [0.2, 0.25) is 0 Å². The summed E-state index contributed by atoms with van der Waals surface area (Å²) in [6, 6.07) is 50.7. The minimum absolute atomic E-state index is 0.149. The van der Waals surface area contributed by atoms with Gasteiger partial charge in [-0.2, -0.15) is 5.26 Å². The minimum Gasteiger partial charge on any atom is -0.478 e. The summed E-state index contributed by atoms with van der Waals surface area (Å²) in [6.45, 7) is 12.8. The molecule has 414 valence electrons. The summed E-state index contributed by atoms with van der Waals surface area (Å²) in [6.07, 6.45) is 20.1. The Balaban J connectivity index is 1.05. The number of hydrogen-bond acceptors (Lipinski definition) is 7. The number of imidazole rings is 2. The van der Waals surface area contributed by atoms with Gasteiger partial charge < -0.3 is 28.3 Å². The molecule has 1 N–H and O–H groups in total. The number of fused-ring (bicyclic) bond motifs is 2. The average molecular weight is 1140 g/mol. The van der Waals surface area contributed by atoms with Crippen molar-refractivity contribution in [3.63, 3.8) is 0 Å². The number of aromatic nitrogens is 4. The van der Waals surface area contributed by atoms with Crippen molar-refractivity contribution in [1.29, 1.82) is 5.26 Å². The fraction of sp³-hybridized carbons (Fsp3) is 0.353. The van der Waals surface area contributed by atoms with E-state index in [4.69, 9.17) is 24.4 Å². The molecule has 0 aliphatic carbocycles. The van der Waals surface area contributed by atoms with Crippen molar-refractivity contribution in [2.75, 3.05) is 4.90 Å². The van der Waals surface area contributed by atoms with E-state index < -0.39 is 5.97 Å². The van der Waals surface area contributed by atoms with Crippen LogP contribution >= 0.6 is 47.1 Å². The van der Waals surface area contributed by atoms with E-state index in [1.807, 2.05) is 18.2 Å². The van der Waals surface area contributed by atoms with Gasteiger partial charge in [-0.1, -0.05) is 153 Å². The quantitative estimate of drug-likeness (QED) is 0.0218. The number of unbranched alkanes of at least 4 members (excludes halogenated alkanes) is 12. The molecule has 4 heterocycles. The van der Waals surface area contributed by atoms with Gasteiger partial charge in [-0.15, -0.1) is 22.7 Å². The molecule has 0 saturated heterocycles. The lowest BCUT2D eigenvalue weighted by Gasteiger charge is -2.26. The van der Waals surface area contributed by atoms with Crippen molar-refractivity contribution in [2.45, 2.75) is 157 Å². The molecule has 0 aliphatic rings. The minimum atomic E-state index is -1.13.